The molecule has 0 bridgehead atoms. The molecule has 0 spiro atoms. The first-order valence-corrected chi connectivity index (χ1v) is 14.3. The highest BCUT2D eigenvalue weighted by molar-refractivity contribution is 7.41. The minimum atomic E-state index is -2.26. The number of hydrogen-bond acceptors (Lipinski definition) is 6. The Hall–Kier alpha value is -2.94. The van der Waals surface area contributed by atoms with E-state index < -0.39 is 27.2 Å². The monoisotopic (exact) mass is 528 g/mol. The quantitative estimate of drug-likeness (QED) is 0.232. The second kappa shape index (κ2) is 11.9. The Labute approximate surface area is 215 Å². The van der Waals surface area contributed by atoms with Crippen LogP contribution in [0, 0.1) is 27.7 Å². The summed E-state index contributed by atoms with van der Waals surface area (Å²) in [5.41, 5.74) is 3.86. The Bertz CT molecular complexity index is 1220. The molecule has 0 saturated carbocycles. The maximum Gasteiger partial charge on any atom is 0.604 e. The minimum absolute atomic E-state index is 0.336. The van der Waals surface area contributed by atoms with Crippen molar-refractivity contribution in [2.75, 3.05) is 0 Å². The predicted octanol–water partition coefficient (Wildman–Crippen LogP) is 8.79. The number of rotatable bonds is 11. The highest BCUT2D eigenvalue weighted by Crippen LogP contribution is 2.46. The Balaban J connectivity index is 1.69. The summed E-state index contributed by atoms with van der Waals surface area (Å²) in [5.74, 6) is 1.41. The molecule has 36 heavy (non-hydrogen) atoms. The van der Waals surface area contributed by atoms with Gasteiger partial charge in [0.25, 0.3) is 0 Å². The first-order chi connectivity index (χ1) is 17.0. The summed E-state index contributed by atoms with van der Waals surface area (Å²) in [6.45, 7) is 13.2. The van der Waals surface area contributed by atoms with Gasteiger partial charge in [0.05, 0.1) is 0 Å². The molecular formula is C28H34O6P2+2. The molecule has 0 aliphatic carbocycles. The van der Waals surface area contributed by atoms with Crippen molar-refractivity contribution in [2.24, 2.45) is 0 Å². The largest absolute Gasteiger partial charge is 0.604 e. The molecule has 3 aromatic carbocycles. The van der Waals surface area contributed by atoms with Crippen molar-refractivity contribution in [2.45, 2.75) is 66.1 Å². The summed E-state index contributed by atoms with van der Waals surface area (Å²) < 4.78 is 49.8. The van der Waals surface area contributed by atoms with Crippen molar-refractivity contribution in [1.82, 2.24) is 0 Å². The van der Waals surface area contributed by atoms with Crippen molar-refractivity contribution < 1.29 is 27.7 Å². The summed E-state index contributed by atoms with van der Waals surface area (Å²) in [7, 11) is -4.45. The van der Waals surface area contributed by atoms with Gasteiger partial charge in [-0.2, -0.15) is 0 Å². The summed E-state index contributed by atoms with van der Waals surface area (Å²) in [4.78, 5) is 0. The maximum absolute atomic E-state index is 13.3. The molecular weight excluding hydrogens is 494 g/mol. The van der Waals surface area contributed by atoms with Crippen molar-refractivity contribution in [1.29, 1.82) is 0 Å². The number of para-hydroxylation sites is 2. The maximum atomic E-state index is 13.3. The van der Waals surface area contributed by atoms with Gasteiger partial charge in [0.15, 0.2) is 11.5 Å². The van der Waals surface area contributed by atoms with Gasteiger partial charge in [-0.3, -0.25) is 9.05 Å². The summed E-state index contributed by atoms with van der Waals surface area (Å²) in [6.07, 6.45) is 0.477. The van der Waals surface area contributed by atoms with E-state index >= 15 is 0 Å². The van der Waals surface area contributed by atoms with Gasteiger partial charge < -0.3 is 9.47 Å². The number of hydrogen-bond donors (Lipinski definition) is 0. The first kappa shape index (κ1) is 27.6. The van der Waals surface area contributed by atoms with Crippen LogP contribution in [0.25, 0.3) is 0 Å². The lowest BCUT2D eigenvalue weighted by Gasteiger charge is -2.21. The molecule has 0 aliphatic heterocycles. The van der Waals surface area contributed by atoms with Crippen LogP contribution < -0.4 is 18.5 Å². The average Bonchev–Trinajstić information content (AvgIpc) is 2.83. The van der Waals surface area contributed by atoms with E-state index in [1.54, 1.807) is 38.1 Å². The van der Waals surface area contributed by atoms with Crippen LogP contribution in [0.1, 0.15) is 49.4 Å². The van der Waals surface area contributed by atoms with Gasteiger partial charge in [0.1, 0.15) is 11.5 Å². The normalized spacial score (nSPS) is 14.3. The van der Waals surface area contributed by atoms with Crippen LogP contribution >= 0.6 is 16.1 Å². The Kier molecular flexibility index (Phi) is 9.11. The van der Waals surface area contributed by atoms with E-state index in [0.29, 0.717) is 29.4 Å². The number of benzene rings is 3. The zero-order chi connectivity index (χ0) is 26.5. The molecule has 0 amide bonds. The van der Waals surface area contributed by atoms with E-state index in [1.807, 2.05) is 71.0 Å². The fourth-order valence-electron chi connectivity index (χ4n) is 3.58. The fourth-order valence-corrected chi connectivity index (χ4v) is 5.16. The molecule has 4 atom stereocenters. The standard InChI is InChI=1S/C28H34O6P2/c1-8-28(7,32-27-21(4)14-10-15-22(27)5)36(30)34-25-17-11-16-24(18-25)33-35(29)23(6)31-26-19(2)12-9-13-20(26)3/h9-18,23H,8H2,1-7H3/q+2. The number of aryl methyl sites for hydroxylation is 4. The van der Waals surface area contributed by atoms with Crippen LogP contribution in [-0.2, 0) is 9.13 Å². The Morgan fingerprint density at radius 2 is 1.25 bits per heavy atom. The first-order valence-electron chi connectivity index (χ1n) is 11.9. The lowest BCUT2D eigenvalue weighted by Crippen LogP contribution is -2.29. The molecule has 8 heteroatoms. The van der Waals surface area contributed by atoms with Gasteiger partial charge in [-0.25, -0.2) is 0 Å². The minimum Gasteiger partial charge on any atom is -0.443 e. The van der Waals surface area contributed by atoms with Crippen molar-refractivity contribution in [3.8, 4) is 23.0 Å². The van der Waals surface area contributed by atoms with E-state index in [0.717, 1.165) is 22.3 Å². The van der Waals surface area contributed by atoms with E-state index in [9.17, 15) is 9.13 Å². The number of ether oxygens (including phenoxy) is 2. The molecule has 0 aromatic heterocycles. The van der Waals surface area contributed by atoms with E-state index in [4.69, 9.17) is 18.5 Å². The van der Waals surface area contributed by atoms with Gasteiger partial charge in [0, 0.05) is 26.3 Å². The summed E-state index contributed by atoms with van der Waals surface area (Å²) >= 11 is 0. The SMILES string of the molecule is CCC(C)(Oc1c(C)cccc1C)[P+](=O)Oc1cccc(O[P+](=O)C(C)Oc2c(C)cccc2C)c1. The molecule has 6 nitrogen and oxygen atoms in total. The molecule has 0 fully saturated rings. The van der Waals surface area contributed by atoms with Crippen molar-refractivity contribution in [3.05, 3.63) is 82.9 Å². The molecule has 4 unspecified atom stereocenters. The molecule has 3 aromatic rings. The third kappa shape index (κ3) is 6.63. The van der Waals surface area contributed by atoms with Gasteiger partial charge in [-0.05, 0) is 71.2 Å². The van der Waals surface area contributed by atoms with Crippen LogP contribution in [0.5, 0.6) is 23.0 Å². The van der Waals surface area contributed by atoms with Crippen LogP contribution in [0.3, 0.4) is 0 Å². The molecule has 0 N–H and O–H groups in total. The van der Waals surface area contributed by atoms with Crippen LogP contribution in [-0.4, -0.2) is 11.2 Å². The highest BCUT2D eigenvalue weighted by atomic mass is 31.1. The zero-order valence-electron chi connectivity index (χ0n) is 21.9. The molecule has 0 saturated heterocycles. The highest BCUT2D eigenvalue weighted by Gasteiger charge is 2.50. The second-order valence-electron chi connectivity index (χ2n) is 8.99. The topological polar surface area (TPSA) is 71.1 Å². The van der Waals surface area contributed by atoms with E-state index in [1.165, 1.54) is 0 Å². The zero-order valence-corrected chi connectivity index (χ0v) is 23.7. The van der Waals surface area contributed by atoms with Crippen LogP contribution in [0.15, 0.2) is 60.7 Å². The molecule has 0 aliphatic rings. The molecule has 0 radical (unpaired) electrons. The van der Waals surface area contributed by atoms with Crippen molar-refractivity contribution >= 4 is 16.1 Å². The predicted molar refractivity (Wildman–Crippen MR) is 144 cm³/mol. The lowest BCUT2D eigenvalue weighted by molar-refractivity contribution is 0.157. The molecule has 0 heterocycles. The van der Waals surface area contributed by atoms with Crippen LogP contribution in [0.2, 0.25) is 0 Å². The third-order valence-corrected chi connectivity index (χ3v) is 8.60. The van der Waals surface area contributed by atoms with Gasteiger partial charge in [-0.1, -0.05) is 49.4 Å². The average molecular weight is 529 g/mol. The fraction of sp³-hybridized carbons (Fsp3) is 0.357. The lowest BCUT2D eigenvalue weighted by atomic mass is 10.1. The Morgan fingerprint density at radius 3 is 1.78 bits per heavy atom. The molecule has 190 valence electrons. The van der Waals surface area contributed by atoms with Crippen LogP contribution in [0.4, 0.5) is 0 Å². The summed E-state index contributed by atoms with van der Waals surface area (Å²) in [5, 5.41) is -1.04. The second-order valence-corrected chi connectivity index (χ2v) is 12.1. The van der Waals surface area contributed by atoms with E-state index in [-0.39, 0.29) is 0 Å². The van der Waals surface area contributed by atoms with Gasteiger partial charge in [0.2, 0.25) is 0 Å². The van der Waals surface area contributed by atoms with Gasteiger partial charge in [-0.15, -0.1) is 0 Å². The Morgan fingerprint density at radius 1 is 0.778 bits per heavy atom. The van der Waals surface area contributed by atoms with E-state index in [2.05, 4.69) is 0 Å². The summed E-state index contributed by atoms with van der Waals surface area (Å²) in [6, 6.07) is 18.3. The third-order valence-electron chi connectivity index (χ3n) is 5.96. The smallest absolute Gasteiger partial charge is 0.443 e. The van der Waals surface area contributed by atoms with Gasteiger partial charge >= 0.3 is 27.2 Å². The van der Waals surface area contributed by atoms with Crippen molar-refractivity contribution in [3.63, 3.8) is 0 Å². The molecule has 3 rings (SSSR count).